The second-order valence-electron chi connectivity index (χ2n) is 4.52. The lowest BCUT2D eigenvalue weighted by Gasteiger charge is -2.13. The molecule has 0 aliphatic carbocycles. The predicted octanol–water partition coefficient (Wildman–Crippen LogP) is 1.40. The van der Waals surface area contributed by atoms with Gasteiger partial charge < -0.3 is 4.74 Å². The van der Waals surface area contributed by atoms with Crippen molar-refractivity contribution in [1.29, 1.82) is 0 Å². The Hall–Kier alpha value is -1.69. The third-order valence-electron chi connectivity index (χ3n) is 3.01. The number of benzene rings is 1. The number of sulfone groups is 1. The molecule has 1 rings (SSSR count). The van der Waals surface area contributed by atoms with Gasteiger partial charge in [-0.25, -0.2) is 8.42 Å². The largest absolute Gasteiger partial charge is 0.468 e. The van der Waals surface area contributed by atoms with Crippen molar-refractivity contribution in [2.45, 2.75) is 24.7 Å². The minimum Gasteiger partial charge on any atom is -0.468 e. The summed E-state index contributed by atoms with van der Waals surface area (Å²) in [4.78, 5) is 23.6. The molecule has 1 unspecified atom stereocenters. The van der Waals surface area contributed by atoms with E-state index in [2.05, 4.69) is 4.74 Å². The molecule has 6 heteroatoms. The summed E-state index contributed by atoms with van der Waals surface area (Å²) >= 11 is 0. The van der Waals surface area contributed by atoms with E-state index in [1.54, 1.807) is 19.1 Å². The normalized spacial score (nSPS) is 12.8. The monoisotopic (exact) mass is 298 g/mol. The zero-order valence-electron chi connectivity index (χ0n) is 11.8. The van der Waals surface area contributed by atoms with Gasteiger partial charge in [-0.3, -0.25) is 9.59 Å². The zero-order valence-corrected chi connectivity index (χ0v) is 12.6. The molecule has 0 heterocycles. The van der Waals surface area contributed by atoms with Crippen molar-refractivity contribution in [3.05, 3.63) is 29.8 Å². The number of Topliss-reactive ketones (excluding diaryl/α,β-unsaturated/α-hetero) is 1. The van der Waals surface area contributed by atoms with Gasteiger partial charge in [0, 0.05) is 12.7 Å². The van der Waals surface area contributed by atoms with Crippen LogP contribution >= 0.6 is 0 Å². The quantitative estimate of drug-likeness (QED) is 0.586. The molecule has 110 valence electrons. The van der Waals surface area contributed by atoms with Gasteiger partial charge in [-0.1, -0.05) is 19.1 Å². The van der Waals surface area contributed by atoms with Crippen LogP contribution in [0.15, 0.2) is 29.2 Å². The summed E-state index contributed by atoms with van der Waals surface area (Å²) < 4.78 is 27.3. The number of methoxy groups -OCH3 is 1. The highest BCUT2D eigenvalue weighted by molar-refractivity contribution is 7.90. The Morgan fingerprint density at radius 1 is 1.20 bits per heavy atom. The molecule has 0 amide bonds. The molecule has 0 aliphatic rings. The Labute approximate surface area is 118 Å². The predicted molar refractivity (Wildman–Crippen MR) is 74.1 cm³/mol. The highest BCUT2D eigenvalue weighted by Crippen LogP contribution is 2.16. The van der Waals surface area contributed by atoms with Crippen molar-refractivity contribution in [3.63, 3.8) is 0 Å². The molecular weight excluding hydrogens is 280 g/mol. The molecule has 0 saturated heterocycles. The van der Waals surface area contributed by atoms with Crippen LogP contribution in [0.3, 0.4) is 0 Å². The van der Waals surface area contributed by atoms with Gasteiger partial charge in [-0.05, 0) is 24.1 Å². The maximum atomic E-state index is 11.7. The third-order valence-corrected chi connectivity index (χ3v) is 4.14. The SMILES string of the molecule is CCC(=O)C(Cc1ccc(S(C)(=O)=O)cc1)C(=O)OC. The van der Waals surface area contributed by atoms with Crippen molar-refractivity contribution < 1.29 is 22.7 Å². The van der Waals surface area contributed by atoms with Crippen LogP contribution < -0.4 is 0 Å². The Balaban J connectivity index is 2.95. The van der Waals surface area contributed by atoms with Gasteiger partial charge in [0.05, 0.1) is 12.0 Å². The second kappa shape index (κ2) is 6.65. The smallest absolute Gasteiger partial charge is 0.316 e. The van der Waals surface area contributed by atoms with Crippen LogP contribution in [-0.2, 0) is 30.6 Å². The van der Waals surface area contributed by atoms with Crippen molar-refractivity contribution in [3.8, 4) is 0 Å². The summed E-state index contributed by atoms with van der Waals surface area (Å²) in [6.45, 7) is 1.69. The van der Waals surface area contributed by atoms with E-state index in [1.165, 1.54) is 19.2 Å². The zero-order chi connectivity index (χ0) is 15.3. The summed E-state index contributed by atoms with van der Waals surface area (Å²) in [5.41, 5.74) is 0.717. The van der Waals surface area contributed by atoms with E-state index < -0.39 is 21.7 Å². The first-order valence-corrected chi connectivity index (χ1v) is 8.08. The molecule has 0 radical (unpaired) electrons. The van der Waals surface area contributed by atoms with Gasteiger partial charge in [-0.15, -0.1) is 0 Å². The topological polar surface area (TPSA) is 77.5 Å². The van der Waals surface area contributed by atoms with E-state index in [4.69, 9.17) is 0 Å². The number of hydrogen-bond acceptors (Lipinski definition) is 5. The molecule has 20 heavy (non-hydrogen) atoms. The van der Waals surface area contributed by atoms with Crippen LogP contribution in [0.1, 0.15) is 18.9 Å². The number of carbonyl (C=O) groups is 2. The van der Waals surface area contributed by atoms with Crippen LogP contribution in [0.4, 0.5) is 0 Å². The van der Waals surface area contributed by atoms with Crippen LogP contribution in [0.5, 0.6) is 0 Å². The van der Waals surface area contributed by atoms with Crippen molar-refractivity contribution in [2.24, 2.45) is 5.92 Å². The number of hydrogen-bond donors (Lipinski definition) is 0. The summed E-state index contributed by atoms with van der Waals surface area (Å²) in [6.07, 6.45) is 1.59. The molecule has 1 atom stereocenters. The molecule has 0 bridgehead atoms. The molecule has 0 spiro atoms. The third kappa shape index (κ3) is 4.16. The van der Waals surface area contributed by atoms with Gasteiger partial charge in [0.2, 0.25) is 0 Å². The number of carbonyl (C=O) groups excluding carboxylic acids is 2. The van der Waals surface area contributed by atoms with Crippen LogP contribution in [0.2, 0.25) is 0 Å². The molecule has 0 saturated carbocycles. The maximum absolute atomic E-state index is 11.7. The van der Waals surface area contributed by atoms with Gasteiger partial charge in [0.1, 0.15) is 11.7 Å². The average Bonchev–Trinajstić information content (AvgIpc) is 2.42. The van der Waals surface area contributed by atoms with Gasteiger partial charge in [0.25, 0.3) is 0 Å². The fourth-order valence-corrected chi connectivity index (χ4v) is 2.46. The average molecular weight is 298 g/mol. The summed E-state index contributed by atoms with van der Waals surface area (Å²) in [5, 5.41) is 0. The van der Waals surface area contributed by atoms with E-state index in [1.807, 2.05) is 0 Å². The molecule has 0 aromatic heterocycles. The minimum atomic E-state index is -3.25. The number of esters is 1. The lowest BCUT2D eigenvalue weighted by Crippen LogP contribution is -2.26. The van der Waals surface area contributed by atoms with Crippen LogP contribution in [0, 0.1) is 5.92 Å². The molecule has 5 nitrogen and oxygen atoms in total. The Kier molecular flexibility index (Phi) is 5.44. The van der Waals surface area contributed by atoms with Crippen molar-refractivity contribution >= 4 is 21.6 Å². The van der Waals surface area contributed by atoms with E-state index >= 15 is 0 Å². The van der Waals surface area contributed by atoms with E-state index in [9.17, 15) is 18.0 Å². The van der Waals surface area contributed by atoms with E-state index in [0.717, 1.165) is 11.8 Å². The standard InChI is InChI=1S/C14H18O5S/c1-4-13(15)12(14(16)19-2)9-10-5-7-11(8-6-10)20(3,17)18/h5-8,12H,4,9H2,1-3H3. The highest BCUT2D eigenvalue weighted by Gasteiger charge is 2.26. The van der Waals surface area contributed by atoms with Gasteiger partial charge in [0.15, 0.2) is 9.84 Å². The molecule has 1 aromatic rings. The lowest BCUT2D eigenvalue weighted by atomic mass is 9.94. The van der Waals surface area contributed by atoms with Gasteiger partial charge in [-0.2, -0.15) is 0 Å². The molecular formula is C14H18O5S. The Morgan fingerprint density at radius 2 is 1.75 bits per heavy atom. The Bertz CT molecular complexity index is 570. The Morgan fingerprint density at radius 3 is 2.15 bits per heavy atom. The first-order chi connectivity index (χ1) is 9.29. The van der Waals surface area contributed by atoms with E-state index in [-0.39, 0.29) is 23.5 Å². The molecule has 0 aliphatic heterocycles. The number of ketones is 1. The van der Waals surface area contributed by atoms with Crippen LogP contribution in [0.25, 0.3) is 0 Å². The first kappa shape index (κ1) is 16.4. The highest BCUT2D eigenvalue weighted by atomic mass is 32.2. The molecule has 1 aromatic carbocycles. The summed E-state index contributed by atoms with van der Waals surface area (Å²) in [7, 11) is -2.01. The second-order valence-corrected chi connectivity index (χ2v) is 6.53. The summed E-state index contributed by atoms with van der Waals surface area (Å²) in [5.74, 6) is -1.60. The first-order valence-electron chi connectivity index (χ1n) is 6.19. The number of ether oxygens (including phenoxy) is 1. The molecule has 0 N–H and O–H groups in total. The fourth-order valence-electron chi connectivity index (χ4n) is 1.83. The lowest BCUT2D eigenvalue weighted by molar-refractivity contribution is -0.149. The van der Waals surface area contributed by atoms with Gasteiger partial charge >= 0.3 is 5.97 Å². The maximum Gasteiger partial charge on any atom is 0.316 e. The summed E-state index contributed by atoms with van der Waals surface area (Å²) in [6, 6.07) is 6.15. The van der Waals surface area contributed by atoms with Crippen molar-refractivity contribution in [2.75, 3.05) is 13.4 Å². The minimum absolute atomic E-state index is 0.191. The molecule has 0 fully saturated rings. The van der Waals surface area contributed by atoms with Crippen LogP contribution in [-0.4, -0.2) is 33.5 Å². The van der Waals surface area contributed by atoms with Crippen molar-refractivity contribution in [1.82, 2.24) is 0 Å². The van der Waals surface area contributed by atoms with E-state index in [0.29, 0.717) is 0 Å². The fraction of sp³-hybridized carbons (Fsp3) is 0.429. The number of rotatable bonds is 6.